The van der Waals surface area contributed by atoms with Crippen molar-refractivity contribution in [3.05, 3.63) is 83.6 Å². The van der Waals surface area contributed by atoms with Gasteiger partial charge in [0.05, 0.1) is 17.9 Å². The SMILES string of the molecule is CCCCCCCCc1ccc(C(=O)Oc2ccc(-c3ccc(COCCC)cn3)cc2)cc1. The zero-order chi connectivity index (χ0) is 24.0. The van der Waals surface area contributed by atoms with Crippen LogP contribution in [0.3, 0.4) is 0 Å². The van der Waals surface area contributed by atoms with Crippen molar-refractivity contribution in [3.63, 3.8) is 0 Å². The average Bonchev–Trinajstić information content (AvgIpc) is 2.87. The Morgan fingerprint density at radius 3 is 2.15 bits per heavy atom. The fraction of sp³-hybridized carbons (Fsp3) is 0.400. The third-order valence-electron chi connectivity index (χ3n) is 5.81. The maximum atomic E-state index is 12.5. The number of carbonyl (C=O) groups is 1. The van der Waals surface area contributed by atoms with E-state index >= 15 is 0 Å². The summed E-state index contributed by atoms with van der Waals surface area (Å²) in [6, 6.07) is 19.3. The topological polar surface area (TPSA) is 48.4 Å². The van der Waals surface area contributed by atoms with E-state index in [1.807, 2.05) is 54.7 Å². The maximum absolute atomic E-state index is 12.5. The van der Waals surface area contributed by atoms with E-state index in [9.17, 15) is 4.79 Å². The second kappa shape index (κ2) is 14.3. The number of hydrogen-bond acceptors (Lipinski definition) is 4. The first-order chi connectivity index (χ1) is 16.7. The summed E-state index contributed by atoms with van der Waals surface area (Å²) in [7, 11) is 0. The minimum atomic E-state index is -0.339. The molecule has 34 heavy (non-hydrogen) atoms. The standard InChI is InChI=1S/C30H37NO3/c1-3-5-6-7-8-9-10-24-11-14-27(15-12-24)30(32)34-28-18-16-26(17-19-28)29-20-13-25(22-31-29)23-33-21-4-2/h11-20,22H,3-10,21,23H2,1-2H3. The van der Waals surface area contributed by atoms with Crippen molar-refractivity contribution in [1.82, 2.24) is 4.98 Å². The van der Waals surface area contributed by atoms with E-state index in [-0.39, 0.29) is 5.97 Å². The normalized spacial score (nSPS) is 10.9. The van der Waals surface area contributed by atoms with Crippen LogP contribution in [-0.4, -0.2) is 17.6 Å². The molecule has 0 N–H and O–H groups in total. The van der Waals surface area contributed by atoms with Gasteiger partial charge in [-0.1, -0.05) is 64.2 Å². The Morgan fingerprint density at radius 1 is 0.765 bits per heavy atom. The molecular weight excluding hydrogens is 422 g/mol. The summed E-state index contributed by atoms with van der Waals surface area (Å²) >= 11 is 0. The molecule has 0 aliphatic heterocycles. The molecule has 1 heterocycles. The summed E-state index contributed by atoms with van der Waals surface area (Å²) in [5, 5.41) is 0. The van der Waals surface area contributed by atoms with Crippen LogP contribution in [0.25, 0.3) is 11.3 Å². The van der Waals surface area contributed by atoms with Crippen LogP contribution in [0.2, 0.25) is 0 Å². The number of rotatable bonds is 14. The summed E-state index contributed by atoms with van der Waals surface area (Å²) < 4.78 is 11.1. The van der Waals surface area contributed by atoms with E-state index in [4.69, 9.17) is 9.47 Å². The smallest absolute Gasteiger partial charge is 0.343 e. The lowest BCUT2D eigenvalue weighted by molar-refractivity contribution is 0.0734. The minimum absolute atomic E-state index is 0.339. The van der Waals surface area contributed by atoms with Crippen LogP contribution in [-0.2, 0) is 17.8 Å². The van der Waals surface area contributed by atoms with E-state index in [1.165, 1.54) is 44.1 Å². The molecule has 0 saturated carbocycles. The van der Waals surface area contributed by atoms with Crippen molar-refractivity contribution in [2.24, 2.45) is 0 Å². The molecule has 0 aliphatic rings. The molecule has 1 aromatic heterocycles. The molecule has 0 atom stereocenters. The van der Waals surface area contributed by atoms with Gasteiger partial charge in [-0.2, -0.15) is 0 Å². The van der Waals surface area contributed by atoms with Gasteiger partial charge < -0.3 is 9.47 Å². The minimum Gasteiger partial charge on any atom is -0.423 e. The van der Waals surface area contributed by atoms with Gasteiger partial charge in [-0.3, -0.25) is 4.98 Å². The highest BCUT2D eigenvalue weighted by atomic mass is 16.5. The molecule has 4 nitrogen and oxygen atoms in total. The lowest BCUT2D eigenvalue weighted by atomic mass is 10.0. The van der Waals surface area contributed by atoms with Gasteiger partial charge in [-0.05, 0) is 72.9 Å². The molecule has 4 heteroatoms. The Hall–Kier alpha value is -2.98. The van der Waals surface area contributed by atoms with Gasteiger partial charge in [0.2, 0.25) is 0 Å². The van der Waals surface area contributed by atoms with E-state index in [1.54, 1.807) is 12.1 Å². The molecule has 0 unspecified atom stereocenters. The van der Waals surface area contributed by atoms with Crippen LogP contribution < -0.4 is 4.74 Å². The van der Waals surface area contributed by atoms with Crippen LogP contribution in [0.1, 0.15) is 80.3 Å². The Morgan fingerprint density at radius 2 is 1.47 bits per heavy atom. The van der Waals surface area contributed by atoms with E-state index in [0.29, 0.717) is 17.9 Å². The second-order valence-corrected chi connectivity index (χ2v) is 8.73. The molecule has 0 bridgehead atoms. The van der Waals surface area contributed by atoms with Crippen LogP contribution >= 0.6 is 0 Å². The van der Waals surface area contributed by atoms with Gasteiger partial charge in [0.15, 0.2) is 0 Å². The molecule has 0 fully saturated rings. The number of unbranched alkanes of at least 4 members (excludes halogenated alkanes) is 5. The Bertz CT molecular complexity index is 979. The van der Waals surface area contributed by atoms with Crippen LogP contribution in [0.4, 0.5) is 0 Å². The number of hydrogen-bond donors (Lipinski definition) is 0. The zero-order valence-electron chi connectivity index (χ0n) is 20.6. The number of ether oxygens (including phenoxy) is 2. The average molecular weight is 460 g/mol. The van der Waals surface area contributed by atoms with Crippen molar-refractivity contribution in [2.45, 2.75) is 71.8 Å². The first-order valence-corrected chi connectivity index (χ1v) is 12.6. The highest BCUT2D eigenvalue weighted by Crippen LogP contribution is 2.22. The Kier molecular flexibility index (Phi) is 10.8. The highest BCUT2D eigenvalue weighted by molar-refractivity contribution is 5.91. The summed E-state index contributed by atoms with van der Waals surface area (Å²) in [6.45, 7) is 5.67. The Balaban J connectivity index is 1.47. The fourth-order valence-corrected chi connectivity index (χ4v) is 3.79. The number of aryl methyl sites for hydroxylation is 1. The van der Waals surface area contributed by atoms with Crippen molar-refractivity contribution in [3.8, 4) is 17.0 Å². The van der Waals surface area contributed by atoms with Crippen LogP contribution in [0, 0.1) is 0 Å². The number of esters is 1. The predicted octanol–water partition coefficient (Wildman–Crippen LogP) is 7.80. The van der Waals surface area contributed by atoms with Crippen molar-refractivity contribution >= 4 is 5.97 Å². The molecule has 2 aromatic carbocycles. The quantitative estimate of drug-likeness (QED) is 0.140. The molecule has 0 saturated heterocycles. The summed E-state index contributed by atoms with van der Waals surface area (Å²) in [5.41, 5.74) is 4.74. The molecule has 0 radical (unpaired) electrons. The predicted molar refractivity (Wildman–Crippen MR) is 138 cm³/mol. The third kappa shape index (κ3) is 8.42. The summed E-state index contributed by atoms with van der Waals surface area (Å²) in [4.78, 5) is 17.1. The molecule has 3 aromatic rings. The van der Waals surface area contributed by atoms with Gasteiger partial charge in [0.25, 0.3) is 0 Å². The number of pyridine rings is 1. The molecule has 3 rings (SSSR count). The monoisotopic (exact) mass is 459 g/mol. The van der Waals surface area contributed by atoms with Crippen molar-refractivity contribution < 1.29 is 14.3 Å². The van der Waals surface area contributed by atoms with Crippen molar-refractivity contribution in [2.75, 3.05) is 6.61 Å². The lowest BCUT2D eigenvalue weighted by Gasteiger charge is -2.08. The number of carbonyl (C=O) groups excluding carboxylic acids is 1. The molecule has 0 aliphatic carbocycles. The molecular formula is C30H37NO3. The van der Waals surface area contributed by atoms with Crippen molar-refractivity contribution in [1.29, 1.82) is 0 Å². The summed E-state index contributed by atoms with van der Waals surface area (Å²) in [6.07, 6.45) is 11.6. The van der Waals surface area contributed by atoms with Crippen LogP contribution in [0.15, 0.2) is 66.9 Å². The second-order valence-electron chi connectivity index (χ2n) is 8.73. The van der Waals surface area contributed by atoms with E-state index < -0.39 is 0 Å². The van der Waals surface area contributed by atoms with E-state index in [2.05, 4.69) is 18.8 Å². The van der Waals surface area contributed by atoms with Crippen LogP contribution in [0.5, 0.6) is 5.75 Å². The lowest BCUT2D eigenvalue weighted by Crippen LogP contribution is -2.08. The van der Waals surface area contributed by atoms with E-state index in [0.717, 1.165) is 36.3 Å². The summed E-state index contributed by atoms with van der Waals surface area (Å²) in [5.74, 6) is 0.183. The Labute approximate surface area is 204 Å². The third-order valence-corrected chi connectivity index (χ3v) is 5.81. The van der Waals surface area contributed by atoms with Gasteiger partial charge in [-0.15, -0.1) is 0 Å². The zero-order valence-corrected chi connectivity index (χ0v) is 20.6. The number of nitrogens with zero attached hydrogens (tertiary/aromatic N) is 1. The van der Waals surface area contributed by atoms with Gasteiger partial charge >= 0.3 is 5.97 Å². The fourth-order valence-electron chi connectivity index (χ4n) is 3.79. The first kappa shape index (κ1) is 25.6. The van der Waals surface area contributed by atoms with Gasteiger partial charge in [-0.25, -0.2) is 4.79 Å². The van der Waals surface area contributed by atoms with Gasteiger partial charge in [0, 0.05) is 18.4 Å². The molecule has 180 valence electrons. The van der Waals surface area contributed by atoms with Gasteiger partial charge in [0.1, 0.15) is 5.75 Å². The maximum Gasteiger partial charge on any atom is 0.343 e. The number of aromatic nitrogens is 1. The highest BCUT2D eigenvalue weighted by Gasteiger charge is 2.09. The number of benzene rings is 2. The largest absolute Gasteiger partial charge is 0.423 e. The molecule has 0 amide bonds. The first-order valence-electron chi connectivity index (χ1n) is 12.6. The molecule has 0 spiro atoms.